The van der Waals surface area contributed by atoms with Crippen molar-refractivity contribution < 1.29 is 17.6 Å². The zero-order valence-electron chi connectivity index (χ0n) is 5.37. The molecule has 0 saturated heterocycles. The van der Waals surface area contributed by atoms with E-state index in [9.17, 15) is 13.2 Å². The van der Waals surface area contributed by atoms with Gasteiger partial charge in [0.05, 0.1) is 0 Å². The molecule has 2 nitrogen and oxygen atoms in total. The number of aromatic nitrogens is 1. The Bertz CT molecular complexity index is 248. The van der Waals surface area contributed by atoms with Crippen LogP contribution in [0.25, 0.3) is 0 Å². The number of oxazole rings is 1. The third-order valence-electron chi connectivity index (χ3n) is 0.982. The molecule has 0 saturated carbocycles. The Morgan fingerprint density at radius 3 is 2.18 bits per heavy atom. The molecular formula is C5H3BrF3NO. The summed E-state index contributed by atoms with van der Waals surface area (Å²) in [6.45, 7) is 1.40. The molecule has 0 amide bonds. The minimum Gasteiger partial charge on any atom is -0.437 e. The van der Waals surface area contributed by atoms with Gasteiger partial charge >= 0.3 is 12.1 Å². The van der Waals surface area contributed by atoms with Crippen molar-refractivity contribution in [3.63, 3.8) is 0 Å². The molecule has 0 radical (unpaired) electrons. The van der Waals surface area contributed by atoms with Crippen molar-refractivity contribution in [1.82, 2.24) is 4.98 Å². The molecule has 0 aliphatic rings. The Hall–Kier alpha value is -0.520. The molecule has 0 atom stereocenters. The van der Waals surface area contributed by atoms with Crippen LogP contribution in [0.4, 0.5) is 13.2 Å². The lowest BCUT2D eigenvalue weighted by atomic mass is 10.6. The number of halogens is 4. The van der Waals surface area contributed by atoms with E-state index < -0.39 is 12.1 Å². The van der Waals surface area contributed by atoms with Crippen molar-refractivity contribution in [3.05, 3.63) is 16.3 Å². The average Bonchev–Trinajstić information content (AvgIpc) is 2.11. The Balaban J connectivity index is 3.08. The van der Waals surface area contributed by atoms with Crippen molar-refractivity contribution in [2.45, 2.75) is 13.1 Å². The summed E-state index contributed by atoms with van der Waals surface area (Å²) in [6, 6.07) is 0. The Kier molecular flexibility index (Phi) is 1.96. The van der Waals surface area contributed by atoms with E-state index in [2.05, 4.69) is 25.3 Å². The highest BCUT2D eigenvalue weighted by atomic mass is 79.9. The second kappa shape index (κ2) is 2.51. The quantitative estimate of drug-likeness (QED) is 0.684. The molecule has 1 aromatic rings. The lowest BCUT2D eigenvalue weighted by Gasteiger charge is -1.97. The van der Waals surface area contributed by atoms with Gasteiger partial charge in [-0.05, 0) is 22.9 Å². The van der Waals surface area contributed by atoms with Crippen molar-refractivity contribution in [1.29, 1.82) is 0 Å². The van der Waals surface area contributed by atoms with Crippen LogP contribution in [0, 0.1) is 6.92 Å². The summed E-state index contributed by atoms with van der Waals surface area (Å²) in [7, 11) is 0. The zero-order valence-corrected chi connectivity index (χ0v) is 6.95. The summed E-state index contributed by atoms with van der Waals surface area (Å²) in [5.74, 6) is -1.10. The van der Waals surface area contributed by atoms with Crippen LogP contribution in [0.2, 0.25) is 0 Å². The molecule has 0 aliphatic carbocycles. The monoisotopic (exact) mass is 229 g/mol. The first-order chi connectivity index (χ1) is 4.91. The molecule has 1 heterocycles. The van der Waals surface area contributed by atoms with E-state index in [1.807, 2.05) is 0 Å². The second-order valence-electron chi connectivity index (χ2n) is 1.86. The third-order valence-corrected chi connectivity index (χ3v) is 1.72. The molecule has 0 bridgehead atoms. The van der Waals surface area contributed by atoms with E-state index in [0.29, 0.717) is 0 Å². The first-order valence-corrected chi connectivity index (χ1v) is 3.40. The van der Waals surface area contributed by atoms with Crippen LogP contribution in [-0.2, 0) is 6.18 Å². The molecule has 0 unspecified atom stereocenters. The first kappa shape index (κ1) is 8.58. The summed E-state index contributed by atoms with van der Waals surface area (Å²) >= 11 is 2.80. The van der Waals surface area contributed by atoms with Crippen molar-refractivity contribution in [2.75, 3.05) is 0 Å². The van der Waals surface area contributed by atoms with Gasteiger partial charge in [0.2, 0.25) is 0 Å². The molecule has 62 valence electrons. The van der Waals surface area contributed by atoms with Gasteiger partial charge in [-0.1, -0.05) is 0 Å². The maximum Gasteiger partial charge on any atom is 0.468 e. The Labute approximate surface area is 68.5 Å². The summed E-state index contributed by atoms with van der Waals surface area (Å²) in [5.41, 5.74) is 0. The van der Waals surface area contributed by atoms with Gasteiger partial charge < -0.3 is 4.42 Å². The Morgan fingerprint density at radius 2 is 2.00 bits per heavy atom. The fraction of sp³-hybridized carbons (Fsp3) is 0.400. The summed E-state index contributed by atoms with van der Waals surface area (Å²) < 4.78 is 39.8. The van der Waals surface area contributed by atoms with Gasteiger partial charge in [-0.15, -0.1) is 0 Å². The number of nitrogens with zero attached hydrogens (tertiary/aromatic N) is 1. The van der Waals surface area contributed by atoms with Crippen LogP contribution in [-0.4, -0.2) is 4.98 Å². The van der Waals surface area contributed by atoms with Crippen molar-refractivity contribution in [2.24, 2.45) is 0 Å². The zero-order chi connectivity index (χ0) is 8.65. The highest BCUT2D eigenvalue weighted by Crippen LogP contribution is 2.31. The molecular weight excluding hydrogens is 227 g/mol. The van der Waals surface area contributed by atoms with Crippen molar-refractivity contribution in [3.8, 4) is 0 Å². The molecule has 11 heavy (non-hydrogen) atoms. The fourth-order valence-electron chi connectivity index (χ4n) is 0.499. The molecule has 0 aromatic carbocycles. The maximum absolute atomic E-state index is 11.8. The van der Waals surface area contributed by atoms with E-state index in [-0.39, 0.29) is 10.4 Å². The fourth-order valence-corrected chi connectivity index (χ4v) is 0.741. The smallest absolute Gasteiger partial charge is 0.437 e. The predicted octanol–water partition coefficient (Wildman–Crippen LogP) is 2.76. The number of hydrogen-bond acceptors (Lipinski definition) is 2. The van der Waals surface area contributed by atoms with Gasteiger partial charge in [-0.2, -0.15) is 18.2 Å². The summed E-state index contributed by atoms with van der Waals surface area (Å²) in [5, 5.41) is 0. The lowest BCUT2D eigenvalue weighted by Crippen LogP contribution is -2.04. The van der Waals surface area contributed by atoms with Crippen LogP contribution in [0.5, 0.6) is 0 Å². The minimum absolute atomic E-state index is 0.0878. The number of hydrogen-bond donors (Lipinski definition) is 0. The van der Waals surface area contributed by atoms with Crippen molar-refractivity contribution >= 4 is 15.9 Å². The average molecular weight is 230 g/mol. The van der Waals surface area contributed by atoms with Gasteiger partial charge in [0, 0.05) is 0 Å². The van der Waals surface area contributed by atoms with Gasteiger partial charge in [0.15, 0.2) is 0 Å². The van der Waals surface area contributed by atoms with Gasteiger partial charge in [0.1, 0.15) is 10.4 Å². The topological polar surface area (TPSA) is 26.0 Å². The molecule has 0 spiro atoms. The van der Waals surface area contributed by atoms with Crippen LogP contribution < -0.4 is 0 Å². The molecule has 0 fully saturated rings. The Morgan fingerprint density at radius 1 is 1.45 bits per heavy atom. The van der Waals surface area contributed by atoms with Crippen LogP contribution in [0.3, 0.4) is 0 Å². The third kappa shape index (κ3) is 1.74. The second-order valence-corrected chi connectivity index (χ2v) is 2.61. The normalized spacial score (nSPS) is 12.1. The van der Waals surface area contributed by atoms with Gasteiger partial charge in [-0.25, -0.2) is 0 Å². The lowest BCUT2D eigenvalue weighted by molar-refractivity contribution is -0.157. The largest absolute Gasteiger partial charge is 0.468 e. The minimum atomic E-state index is -4.50. The molecule has 1 aromatic heterocycles. The first-order valence-electron chi connectivity index (χ1n) is 2.61. The molecule has 0 N–H and O–H groups in total. The van der Waals surface area contributed by atoms with E-state index in [4.69, 9.17) is 0 Å². The summed E-state index contributed by atoms with van der Waals surface area (Å²) in [6.07, 6.45) is -4.50. The van der Waals surface area contributed by atoms with Crippen LogP contribution in [0.15, 0.2) is 9.02 Å². The van der Waals surface area contributed by atoms with E-state index in [1.54, 1.807) is 0 Å². The number of aryl methyl sites for hydroxylation is 1. The van der Waals surface area contributed by atoms with Gasteiger partial charge in [-0.3, -0.25) is 0 Å². The SMILES string of the molecule is Cc1oc(C(F)(F)F)nc1Br. The van der Waals surface area contributed by atoms with E-state index >= 15 is 0 Å². The summed E-state index contributed by atoms with van der Waals surface area (Å²) in [4.78, 5) is 3.11. The van der Waals surface area contributed by atoms with E-state index in [1.165, 1.54) is 6.92 Å². The maximum atomic E-state index is 11.8. The highest BCUT2D eigenvalue weighted by molar-refractivity contribution is 9.10. The molecule has 1 rings (SSSR count). The molecule has 0 aliphatic heterocycles. The van der Waals surface area contributed by atoms with Crippen LogP contribution >= 0.6 is 15.9 Å². The number of rotatable bonds is 0. The van der Waals surface area contributed by atoms with Crippen LogP contribution in [0.1, 0.15) is 11.7 Å². The standard InChI is InChI=1S/C5H3BrF3NO/c1-2-3(6)10-4(11-2)5(7,8)9/h1H3. The predicted molar refractivity (Wildman–Crippen MR) is 33.9 cm³/mol. The van der Waals surface area contributed by atoms with Gasteiger partial charge in [0.25, 0.3) is 0 Å². The van der Waals surface area contributed by atoms with E-state index in [0.717, 1.165) is 0 Å². The highest BCUT2D eigenvalue weighted by Gasteiger charge is 2.37. The number of alkyl halides is 3. The molecule has 6 heteroatoms.